The van der Waals surface area contributed by atoms with Crippen LogP contribution in [-0.4, -0.2) is 23.3 Å². The number of likely N-dealkylation sites (tertiary alicyclic amines) is 1. The maximum absolute atomic E-state index is 12.5. The number of esters is 1. The first-order valence-corrected chi connectivity index (χ1v) is 9.83. The van der Waals surface area contributed by atoms with E-state index < -0.39 is 5.92 Å². The molecule has 0 bridgehead atoms. The summed E-state index contributed by atoms with van der Waals surface area (Å²) in [6.07, 6.45) is 1.04. The number of benzene rings is 3. The fourth-order valence-corrected chi connectivity index (χ4v) is 3.59. The lowest BCUT2D eigenvalue weighted by molar-refractivity contribution is -0.139. The molecule has 4 rings (SSSR count). The Hall–Kier alpha value is -3.40. The summed E-state index contributed by atoms with van der Waals surface area (Å²) in [5.74, 6) is -0.255. The minimum atomic E-state index is -0.421. The average Bonchev–Trinajstić information content (AvgIpc) is 3.11. The molecule has 0 unspecified atom stereocenters. The lowest BCUT2D eigenvalue weighted by atomic mass is 10.1. The minimum Gasteiger partial charge on any atom is -0.426 e. The summed E-state index contributed by atoms with van der Waals surface area (Å²) in [5, 5.41) is 0. The van der Waals surface area contributed by atoms with Gasteiger partial charge in [-0.1, -0.05) is 72.8 Å². The fourth-order valence-electron chi connectivity index (χ4n) is 3.59. The Morgan fingerprint density at radius 1 is 0.828 bits per heavy atom. The van der Waals surface area contributed by atoms with Crippen LogP contribution in [0.3, 0.4) is 0 Å². The van der Waals surface area contributed by atoms with E-state index in [1.54, 1.807) is 4.90 Å². The summed E-state index contributed by atoms with van der Waals surface area (Å²) >= 11 is 0. The zero-order valence-electron chi connectivity index (χ0n) is 16.2. The second kappa shape index (κ2) is 8.74. The van der Waals surface area contributed by atoms with Crippen LogP contribution in [0.2, 0.25) is 0 Å². The van der Waals surface area contributed by atoms with Crippen molar-refractivity contribution < 1.29 is 14.3 Å². The number of carbonyl (C=O) groups excluding carboxylic acids is 2. The summed E-state index contributed by atoms with van der Waals surface area (Å²) in [5.41, 5.74) is 3.45. The molecule has 0 saturated carbocycles. The van der Waals surface area contributed by atoms with Gasteiger partial charge in [0.05, 0.1) is 5.92 Å². The number of hydrogen-bond donors (Lipinski definition) is 0. The van der Waals surface area contributed by atoms with Gasteiger partial charge in [0.15, 0.2) is 0 Å². The van der Waals surface area contributed by atoms with Gasteiger partial charge in [-0.05, 0) is 35.2 Å². The van der Waals surface area contributed by atoms with Gasteiger partial charge in [0, 0.05) is 19.5 Å². The van der Waals surface area contributed by atoms with Gasteiger partial charge in [-0.25, -0.2) is 0 Å². The highest BCUT2D eigenvalue weighted by atomic mass is 16.5. The Kier molecular flexibility index (Phi) is 5.71. The molecule has 1 saturated heterocycles. The molecule has 146 valence electrons. The van der Waals surface area contributed by atoms with Gasteiger partial charge in [-0.2, -0.15) is 0 Å². The smallest absolute Gasteiger partial charge is 0.316 e. The van der Waals surface area contributed by atoms with E-state index in [0.29, 0.717) is 18.8 Å². The number of carbonyl (C=O) groups is 2. The number of amides is 1. The van der Waals surface area contributed by atoms with Crippen LogP contribution in [0.4, 0.5) is 0 Å². The van der Waals surface area contributed by atoms with Crippen LogP contribution in [0.1, 0.15) is 23.1 Å². The molecule has 1 aliphatic rings. The predicted octanol–water partition coefficient (Wildman–Crippen LogP) is 4.23. The average molecular weight is 385 g/mol. The normalized spacial score (nSPS) is 16.1. The third kappa shape index (κ3) is 4.91. The molecule has 1 amide bonds. The molecule has 1 aliphatic heterocycles. The largest absolute Gasteiger partial charge is 0.426 e. The zero-order chi connectivity index (χ0) is 20.1. The lowest BCUT2D eigenvalue weighted by Gasteiger charge is -2.16. The van der Waals surface area contributed by atoms with Crippen LogP contribution in [0.15, 0.2) is 84.9 Å². The van der Waals surface area contributed by atoms with Crippen molar-refractivity contribution >= 4 is 11.9 Å². The standard InChI is InChI=1S/C25H23NO3/c27-24-16-22(18-26(24)17-21-9-5-2-6-10-21)25(28)29-23-13-11-20(12-14-23)15-19-7-3-1-4-8-19/h1-14,22H,15-18H2/t22-/m0/s1. The maximum atomic E-state index is 12.5. The topological polar surface area (TPSA) is 46.6 Å². The van der Waals surface area contributed by atoms with E-state index in [-0.39, 0.29) is 18.3 Å². The van der Waals surface area contributed by atoms with Crippen molar-refractivity contribution in [2.24, 2.45) is 5.92 Å². The van der Waals surface area contributed by atoms with Crippen molar-refractivity contribution in [1.29, 1.82) is 0 Å². The van der Waals surface area contributed by atoms with E-state index in [9.17, 15) is 9.59 Å². The second-order valence-corrected chi connectivity index (χ2v) is 7.39. The van der Waals surface area contributed by atoms with E-state index in [2.05, 4.69) is 12.1 Å². The van der Waals surface area contributed by atoms with Crippen LogP contribution in [0, 0.1) is 5.92 Å². The van der Waals surface area contributed by atoms with E-state index in [0.717, 1.165) is 17.5 Å². The molecule has 1 atom stereocenters. The summed E-state index contributed by atoms with van der Waals surface area (Å²) < 4.78 is 5.53. The molecular formula is C25H23NO3. The minimum absolute atomic E-state index is 0.00554. The summed E-state index contributed by atoms with van der Waals surface area (Å²) in [6, 6.07) is 27.6. The molecule has 0 aromatic heterocycles. The van der Waals surface area contributed by atoms with Crippen LogP contribution in [0.25, 0.3) is 0 Å². The third-order valence-corrected chi connectivity index (χ3v) is 5.16. The van der Waals surface area contributed by atoms with E-state index in [1.165, 1.54) is 5.56 Å². The van der Waals surface area contributed by atoms with Crippen LogP contribution < -0.4 is 4.74 Å². The monoisotopic (exact) mass is 385 g/mol. The van der Waals surface area contributed by atoms with Gasteiger partial charge in [0.1, 0.15) is 5.75 Å². The van der Waals surface area contributed by atoms with Gasteiger partial charge in [0.2, 0.25) is 5.91 Å². The van der Waals surface area contributed by atoms with E-state index >= 15 is 0 Å². The predicted molar refractivity (Wildman–Crippen MR) is 111 cm³/mol. The number of nitrogens with zero attached hydrogens (tertiary/aromatic N) is 1. The fraction of sp³-hybridized carbons (Fsp3) is 0.200. The Balaban J connectivity index is 1.33. The Labute approximate surface area is 170 Å². The third-order valence-electron chi connectivity index (χ3n) is 5.16. The van der Waals surface area contributed by atoms with Crippen molar-refractivity contribution in [1.82, 2.24) is 4.90 Å². The Morgan fingerprint density at radius 2 is 1.41 bits per heavy atom. The summed E-state index contributed by atoms with van der Waals surface area (Å²) in [7, 11) is 0. The SMILES string of the molecule is O=C(Oc1ccc(Cc2ccccc2)cc1)[C@H]1CC(=O)N(Cc2ccccc2)C1. The van der Waals surface area contributed by atoms with Gasteiger partial charge in [0.25, 0.3) is 0 Å². The highest BCUT2D eigenvalue weighted by Gasteiger charge is 2.35. The summed E-state index contributed by atoms with van der Waals surface area (Å²) in [4.78, 5) is 26.5. The first kappa shape index (κ1) is 18.9. The highest BCUT2D eigenvalue weighted by molar-refractivity contribution is 5.87. The van der Waals surface area contributed by atoms with E-state index in [4.69, 9.17) is 4.74 Å². The first-order valence-electron chi connectivity index (χ1n) is 9.83. The van der Waals surface area contributed by atoms with Gasteiger partial charge in [-0.3, -0.25) is 9.59 Å². The molecular weight excluding hydrogens is 362 g/mol. The number of ether oxygens (including phenoxy) is 1. The highest BCUT2D eigenvalue weighted by Crippen LogP contribution is 2.23. The van der Waals surface area contributed by atoms with Gasteiger partial charge in [-0.15, -0.1) is 0 Å². The van der Waals surface area contributed by atoms with Crippen molar-refractivity contribution in [2.75, 3.05) is 6.54 Å². The number of rotatable bonds is 6. The zero-order valence-corrected chi connectivity index (χ0v) is 16.2. The van der Waals surface area contributed by atoms with Crippen molar-refractivity contribution in [3.63, 3.8) is 0 Å². The molecule has 0 aliphatic carbocycles. The van der Waals surface area contributed by atoms with Crippen LogP contribution in [0.5, 0.6) is 5.75 Å². The van der Waals surface area contributed by atoms with Crippen LogP contribution >= 0.6 is 0 Å². The molecule has 1 fully saturated rings. The molecule has 29 heavy (non-hydrogen) atoms. The molecule has 1 heterocycles. The Morgan fingerprint density at radius 3 is 2.07 bits per heavy atom. The Bertz CT molecular complexity index is 968. The quantitative estimate of drug-likeness (QED) is 0.471. The molecule has 4 nitrogen and oxygen atoms in total. The number of hydrogen-bond acceptors (Lipinski definition) is 3. The molecule has 3 aromatic rings. The van der Waals surface area contributed by atoms with Gasteiger partial charge >= 0.3 is 5.97 Å². The summed E-state index contributed by atoms with van der Waals surface area (Å²) in [6.45, 7) is 0.927. The second-order valence-electron chi connectivity index (χ2n) is 7.39. The molecule has 0 spiro atoms. The molecule has 3 aromatic carbocycles. The lowest BCUT2D eigenvalue weighted by Crippen LogP contribution is -2.27. The van der Waals surface area contributed by atoms with Crippen molar-refractivity contribution in [3.8, 4) is 5.75 Å². The molecule has 4 heteroatoms. The van der Waals surface area contributed by atoms with Crippen molar-refractivity contribution in [2.45, 2.75) is 19.4 Å². The maximum Gasteiger partial charge on any atom is 0.316 e. The van der Waals surface area contributed by atoms with E-state index in [1.807, 2.05) is 72.8 Å². The van der Waals surface area contributed by atoms with Gasteiger partial charge < -0.3 is 9.64 Å². The first-order chi connectivity index (χ1) is 14.2. The molecule has 0 radical (unpaired) electrons. The molecule has 0 N–H and O–H groups in total. The van der Waals surface area contributed by atoms with Crippen molar-refractivity contribution in [3.05, 3.63) is 102 Å². The van der Waals surface area contributed by atoms with Crippen LogP contribution in [-0.2, 0) is 22.6 Å².